The molecule has 204 valence electrons. The lowest BCUT2D eigenvalue weighted by molar-refractivity contribution is -0.134. The summed E-state index contributed by atoms with van der Waals surface area (Å²) >= 11 is 0. The van der Waals surface area contributed by atoms with Crippen LogP contribution in [0.25, 0.3) is 0 Å². The van der Waals surface area contributed by atoms with E-state index in [1.165, 1.54) is 30.3 Å². The van der Waals surface area contributed by atoms with E-state index in [-0.39, 0.29) is 34.1 Å². The summed E-state index contributed by atoms with van der Waals surface area (Å²) in [5, 5.41) is 0. The van der Waals surface area contributed by atoms with Gasteiger partial charge in [0.2, 0.25) is 5.91 Å². The topological polar surface area (TPSA) is 103 Å². The molecule has 0 N–H and O–H groups in total. The van der Waals surface area contributed by atoms with E-state index in [0.29, 0.717) is 31.7 Å². The predicted molar refractivity (Wildman–Crippen MR) is 143 cm³/mol. The zero-order valence-electron chi connectivity index (χ0n) is 22.3. The summed E-state index contributed by atoms with van der Waals surface area (Å²) in [6, 6.07) is 15.8. The van der Waals surface area contributed by atoms with Crippen LogP contribution in [0.5, 0.6) is 5.75 Å². The Morgan fingerprint density at radius 2 is 1.66 bits per heavy atom. The molecule has 0 saturated carbocycles. The van der Waals surface area contributed by atoms with Crippen molar-refractivity contribution in [2.24, 2.45) is 5.41 Å². The predicted octanol–water partition coefficient (Wildman–Crippen LogP) is 5.97. The third kappa shape index (κ3) is 8.48. The van der Waals surface area contributed by atoms with Crippen molar-refractivity contribution in [2.75, 3.05) is 6.61 Å². The molecule has 0 aliphatic rings. The Bertz CT molecular complexity index is 1310. The number of hydrogen-bond acceptors (Lipinski definition) is 7. The van der Waals surface area contributed by atoms with E-state index in [1.54, 1.807) is 35.4 Å². The van der Waals surface area contributed by atoms with Gasteiger partial charge < -0.3 is 18.2 Å². The highest BCUT2D eigenvalue weighted by Crippen LogP contribution is 2.25. The van der Waals surface area contributed by atoms with Gasteiger partial charge in [0.1, 0.15) is 16.4 Å². The molecule has 0 unspecified atom stereocenters. The molecule has 0 aliphatic carbocycles. The average Bonchev–Trinajstić information content (AvgIpc) is 3.37. The number of carbonyl (C=O) groups is 2. The summed E-state index contributed by atoms with van der Waals surface area (Å²) in [7, 11) is -4.30. The fraction of sp³-hybridized carbons (Fsp3) is 0.379. The number of amides is 1. The van der Waals surface area contributed by atoms with E-state index in [4.69, 9.17) is 13.3 Å². The first kappa shape index (κ1) is 29.0. The highest BCUT2D eigenvalue weighted by Gasteiger charge is 2.26. The first-order valence-corrected chi connectivity index (χ1v) is 14.0. The number of carbonyl (C=O) groups excluding carboxylic acids is 2. The van der Waals surface area contributed by atoms with Gasteiger partial charge in [0.25, 0.3) is 0 Å². The van der Waals surface area contributed by atoms with E-state index in [1.807, 2.05) is 33.8 Å². The number of unbranched alkanes of at least 4 members (excludes halogenated alkanes) is 1. The van der Waals surface area contributed by atoms with E-state index in [0.717, 1.165) is 12.0 Å². The Morgan fingerprint density at radius 3 is 2.29 bits per heavy atom. The molecular formula is C29H35NO7S. The smallest absolute Gasteiger partial charge is 0.340 e. The van der Waals surface area contributed by atoms with Gasteiger partial charge in [-0.3, -0.25) is 4.79 Å². The summed E-state index contributed by atoms with van der Waals surface area (Å²) in [5.41, 5.74) is 0.540. The molecule has 0 atom stereocenters. The van der Waals surface area contributed by atoms with E-state index in [9.17, 15) is 18.0 Å². The standard InChI is InChI=1S/C29H35NO7S/c1-5-6-17-36-28(32)25-11-7-8-12-26(25)38(33,34)37-23-15-13-22(14-16-23)20-30(21-24-10-9-18-35-24)27(31)19-29(2,3)4/h7-16,18H,5-6,17,19-21H2,1-4H3. The lowest BCUT2D eigenvalue weighted by atomic mass is 9.91. The van der Waals surface area contributed by atoms with Gasteiger partial charge in [-0.25, -0.2) is 4.79 Å². The molecule has 0 spiro atoms. The third-order valence-electron chi connectivity index (χ3n) is 5.57. The maximum absolute atomic E-state index is 13.0. The maximum Gasteiger partial charge on any atom is 0.340 e. The second-order valence-electron chi connectivity index (χ2n) is 10.2. The number of furan rings is 1. The van der Waals surface area contributed by atoms with E-state index in [2.05, 4.69) is 0 Å². The number of hydrogen-bond donors (Lipinski definition) is 0. The summed E-state index contributed by atoms with van der Waals surface area (Å²) in [5.74, 6) is 0.0269. The molecule has 1 aromatic heterocycles. The van der Waals surface area contributed by atoms with Crippen LogP contribution in [0.4, 0.5) is 0 Å². The molecule has 0 bridgehead atoms. The van der Waals surface area contributed by atoms with Gasteiger partial charge in [0.15, 0.2) is 0 Å². The minimum Gasteiger partial charge on any atom is -0.467 e. The Kier molecular flexibility index (Phi) is 9.74. The van der Waals surface area contributed by atoms with E-state index >= 15 is 0 Å². The SMILES string of the molecule is CCCCOC(=O)c1ccccc1S(=O)(=O)Oc1ccc(CN(Cc2ccco2)C(=O)CC(C)(C)C)cc1. The number of rotatable bonds is 12. The van der Waals surface area contributed by atoms with Gasteiger partial charge >= 0.3 is 16.1 Å². The van der Waals surface area contributed by atoms with Crippen molar-refractivity contribution in [2.45, 2.75) is 64.9 Å². The second-order valence-corrected chi connectivity index (χ2v) is 11.7. The molecule has 0 saturated heterocycles. The van der Waals surface area contributed by atoms with Crippen LogP contribution in [-0.2, 0) is 32.7 Å². The molecule has 0 aliphatic heterocycles. The fourth-order valence-electron chi connectivity index (χ4n) is 3.67. The Hall–Kier alpha value is -3.59. The molecule has 8 nitrogen and oxygen atoms in total. The van der Waals surface area contributed by atoms with Crippen molar-refractivity contribution in [3.8, 4) is 5.75 Å². The number of esters is 1. The molecule has 1 amide bonds. The number of ether oxygens (including phenoxy) is 1. The molecule has 0 radical (unpaired) electrons. The molecule has 3 aromatic rings. The zero-order chi connectivity index (χ0) is 27.8. The van der Waals surface area contributed by atoms with Crippen LogP contribution in [0, 0.1) is 5.41 Å². The highest BCUT2D eigenvalue weighted by molar-refractivity contribution is 7.87. The largest absolute Gasteiger partial charge is 0.467 e. The highest BCUT2D eigenvalue weighted by atomic mass is 32.2. The van der Waals surface area contributed by atoms with Gasteiger partial charge in [-0.05, 0) is 53.8 Å². The third-order valence-corrected chi connectivity index (χ3v) is 6.88. The Labute approximate surface area is 224 Å². The Morgan fingerprint density at radius 1 is 0.947 bits per heavy atom. The summed E-state index contributed by atoms with van der Waals surface area (Å²) < 4.78 is 42.0. The van der Waals surface area contributed by atoms with Crippen molar-refractivity contribution in [3.63, 3.8) is 0 Å². The van der Waals surface area contributed by atoms with Crippen LogP contribution in [0.15, 0.2) is 76.2 Å². The average molecular weight is 542 g/mol. The number of benzene rings is 2. The molecule has 3 rings (SSSR count). The quantitative estimate of drug-likeness (QED) is 0.158. The van der Waals surface area contributed by atoms with Crippen LogP contribution in [0.3, 0.4) is 0 Å². The molecule has 1 heterocycles. The minimum atomic E-state index is -4.30. The monoisotopic (exact) mass is 541 g/mol. The van der Waals surface area contributed by atoms with Crippen LogP contribution >= 0.6 is 0 Å². The zero-order valence-corrected chi connectivity index (χ0v) is 23.1. The molecular weight excluding hydrogens is 506 g/mol. The van der Waals surface area contributed by atoms with E-state index < -0.39 is 16.1 Å². The maximum atomic E-state index is 13.0. The first-order chi connectivity index (χ1) is 18.0. The summed E-state index contributed by atoms with van der Waals surface area (Å²) in [6.07, 6.45) is 3.47. The van der Waals surface area contributed by atoms with Gasteiger partial charge in [-0.2, -0.15) is 8.42 Å². The van der Waals surface area contributed by atoms with Gasteiger partial charge in [-0.15, -0.1) is 0 Å². The van der Waals surface area contributed by atoms with Crippen molar-refractivity contribution in [3.05, 3.63) is 83.8 Å². The fourth-order valence-corrected chi connectivity index (χ4v) is 4.79. The minimum absolute atomic E-state index is 0.0146. The van der Waals surface area contributed by atoms with Gasteiger partial charge in [0.05, 0.1) is 25.0 Å². The second kappa shape index (κ2) is 12.8. The number of nitrogens with zero attached hydrogens (tertiary/aromatic N) is 1. The Balaban J connectivity index is 1.74. The van der Waals surface area contributed by atoms with Crippen LogP contribution in [-0.4, -0.2) is 31.8 Å². The van der Waals surface area contributed by atoms with Gasteiger partial charge in [0, 0.05) is 13.0 Å². The van der Waals surface area contributed by atoms with Crippen LogP contribution in [0.1, 0.15) is 68.6 Å². The first-order valence-electron chi connectivity index (χ1n) is 12.6. The van der Waals surface area contributed by atoms with Crippen molar-refractivity contribution in [1.29, 1.82) is 0 Å². The summed E-state index contributed by atoms with van der Waals surface area (Å²) in [6.45, 7) is 8.82. The normalized spacial score (nSPS) is 11.7. The lowest BCUT2D eigenvalue weighted by Crippen LogP contribution is -2.32. The van der Waals surface area contributed by atoms with Crippen LogP contribution < -0.4 is 4.18 Å². The molecule has 2 aromatic carbocycles. The van der Waals surface area contributed by atoms with Gasteiger partial charge in [-0.1, -0.05) is 58.4 Å². The van der Waals surface area contributed by atoms with Crippen molar-refractivity contribution < 1.29 is 31.3 Å². The molecule has 9 heteroatoms. The summed E-state index contributed by atoms with van der Waals surface area (Å²) in [4.78, 5) is 26.9. The molecule has 38 heavy (non-hydrogen) atoms. The van der Waals surface area contributed by atoms with Crippen molar-refractivity contribution >= 4 is 22.0 Å². The van der Waals surface area contributed by atoms with Crippen LogP contribution in [0.2, 0.25) is 0 Å². The van der Waals surface area contributed by atoms with Crippen molar-refractivity contribution in [1.82, 2.24) is 4.90 Å². The molecule has 0 fully saturated rings. The lowest BCUT2D eigenvalue weighted by Gasteiger charge is -2.26.